The molecule has 10 heteroatoms. The summed E-state index contributed by atoms with van der Waals surface area (Å²) in [7, 11) is -1.79. The van der Waals surface area contributed by atoms with Crippen LogP contribution < -0.4 is 9.64 Å². The van der Waals surface area contributed by atoms with Crippen LogP contribution in [-0.4, -0.2) is 63.8 Å². The Kier molecular flexibility index (Phi) is 5.06. The molecule has 8 nitrogen and oxygen atoms in total. The lowest BCUT2D eigenvalue weighted by Gasteiger charge is -2.34. The summed E-state index contributed by atoms with van der Waals surface area (Å²) >= 11 is 1.46. The molecule has 0 saturated carbocycles. The molecule has 3 heterocycles. The first-order valence-electron chi connectivity index (χ1n) is 10.1. The van der Waals surface area contributed by atoms with Crippen LogP contribution in [-0.2, 0) is 9.84 Å². The Morgan fingerprint density at radius 1 is 1.12 bits per heavy atom. The molecule has 1 saturated heterocycles. The predicted molar refractivity (Wildman–Crippen MR) is 124 cm³/mol. The number of aromatic nitrogens is 1. The molecule has 4 aromatic rings. The van der Waals surface area contributed by atoms with Crippen molar-refractivity contribution in [2.45, 2.75) is 4.90 Å². The zero-order valence-corrected chi connectivity index (χ0v) is 19.2. The highest BCUT2D eigenvalue weighted by Gasteiger charge is 2.27. The molecule has 166 valence electrons. The fourth-order valence-electron chi connectivity index (χ4n) is 3.91. The number of methoxy groups -OCH3 is 1. The Hall–Kier alpha value is -3.11. The van der Waals surface area contributed by atoms with E-state index >= 15 is 0 Å². The molecule has 2 aromatic heterocycles. The smallest absolute Gasteiger partial charge is 0.289 e. The summed E-state index contributed by atoms with van der Waals surface area (Å²) in [6.45, 7) is 2.23. The van der Waals surface area contributed by atoms with Gasteiger partial charge in [0, 0.05) is 37.8 Å². The van der Waals surface area contributed by atoms with Gasteiger partial charge in [-0.15, -0.1) is 0 Å². The number of nitrogens with zero attached hydrogens (tertiary/aromatic N) is 3. The maximum absolute atomic E-state index is 13.0. The van der Waals surface area contributed by atoms with E-state index in [0.717, 1.165) is 15.2 Å². The number of ether oxygens (including phenoxy) is 1. The molecular formula is C22H21N3O5S2. The first-order chi connectivity index (χ1) is 15.3. The molecule has 1 amide bonds. The monoisotopic (exact) mass is 471 g/mol. The van der Waals surface area contributed by atoms with Gasteiger partial charge >= 0.3 is 0 Å². The number of carbonyl (C=O) groups excluding carboxylic acids is 1. The van der Waals surface area contributed by atoms with Gasteiger partial charge in [-0.05, 0) is 24.3 Å². The lowest BCUT2D eigenvalue weighted by atomic mass is 10.2. The fraction of sp³-hybridized carbons (Fsp3) is 0.273. The number of anilines is 1. The topological polar surface area (TPSA) is 93.0 Å². The lowest BCUT2D eigenvalue weighted by molar-refractivity contribution is 0.0717. The maximum Gasteiger partial charge on any atom is 0.289 e. The van der Waals surface area contributed by atoms with E-state index in [4.69, 9.17) is 9.15 Å². The zero-order chi connectivity index (χ0) is 22.5. The SMILES string of the molecule is COc1cccc2cc(C(=O)N3CCN(c4nc5c(S(C)(=O)=O)cccc5s4)CC3)oc12. The molecule has 1 fully saturated rings. The van der Waals surface area contributed by atoms with Crippen LogP contribution in [0.4, 0.5) is 5.13 Å². The van der Waals surface area contributed by atoms with Crippen LogP contribution in [0.5, 0.6) is 5.75 Å². The summed E-state index contributed by atoms with van der Waals surface area (Å²) in [6, 6.07) is 12.5. The quantitative estimate of drug-likeness (QED) is 0.450. The van der Waals surface area contributed by atoms with E-state index in [0.29, 0.717) is 43.0 Å². The fourth-order valence-corrected chi connectivity index (χ4v) is 5.85. The summed E-state index contributed by atoms with van der Waals surface area (Å²) in [4.78, 5) is 21.7. The van der Waals surface area contributed by atoms with Gasteiger partial charge in [-0.3, -0.25) is 4.79 Å². The van der Waals surface area contributed by atoms with Crippen LogP contribution in [0, 0.1) is 0 Å². The number of fused-ring (bicyclic) bond motifs is 2. The molecule has 0 radical (unpaired) electrons. The number of benzene rings is 2. The molecular weight excluding hydrogens is 450 g/mol. The minimum atomic E-state index is -3.36. The minimum Gasteiger partial charge on any atom is -0.493 e. The first-order valence-corrected chi connectivity index (χ1v) is 12.8. The lowest BCUT2D eigenvalue weighted by Crippen LogP contribution is -2.48. The van der Waals surface area contributed by atoms with E-state index in [1.54, 1.807) is 36.3 Å². The molecule has 32 heavy (non-hydrogen) atoms. The van der Waals surface area contributed by atoms with E-state index < -0.39 is 9.84 Å². The van der Waals surface area contributed by atoms with Crippen LogP contribution in [0.15, 0.2) is 51.8 Å². The van der Waals surface area contributed by atoms with Crippen LogP contribution >= 0.6 is 11.3 Å². The third-order valence-electron chi connectivity index (χ3n) is 5.55. The van der Waals surface area contributed by atoms with Crippen molar-refractivity contribution < 1.29 is 22.4 Å². The number of hydrogen-bond acceptors (Lipinski definition) is 8. The number of amides is 1. The van der Waals surface area contributed by atoms with Gasteiger partial charge in [0.2, 0.25) is 0 Å². The van der Waals surface area contributed by atoms with Crippen molar-refractivity contribution in [2.24, 2.45) is 0 Å². The van der Waals surface area contributed by atoms with E-state index in [2.05, 4.69) is 9.88 Å². The van der Waals surface area contributed by atoms with Gasteiger partial charge in [0.15, 0.2) is 32.1 Å². The highest BCUT2D eigenvalue weighted by Crippen LogP contribution is 2.33. The van der Waals surface area contributed by atoms with Gasteiger partial charge in [-0.2, -0.15) is 0 Å². The van der Waals surface area contributed by atoms with Gasteiger partial charge in [-0.1, -0.05) is 29.5 Å². The molecule has 1 aliphatic heterocycles. The highest BCUT2D eigenvalue weighted by atomic mass is 32.2. The van der Waals surface area contributed by atoms with Crippen molar-refractivity contribution in [1.29, 1.82) is 0 Å². The van der Waals surface area contributed by atoms with Crippen molar-refractivity contribution in [3.8, 4) is 5.75 Å². The Morgan fingerprint density at radius 2 is 1.88 bits per heavy atom. The molecule has 5 rings (SSSR count). The number of piperazine rings is 1. The van der Waals surface area contributed by atoms with Crippen molar-refractivity contribution >= 4 is 53.4 Å². The largest absolute Gasteiger partial charge is 0.493 e. The third-order valence-corrected chi connectivity index (χ3v) is 7.76. The molecule has 0 N–H and O–H groups in total. The number of thiazole rings is 1. The van der Waals surface area contributed by atoms with Gasteiger partial charge in [0.05, 0.1) is 16.7 Å². The Balaban J connectivity index is 1.34. The Labute approximate surface area is 188 Å². The van der Waals surface area contributed by atoms with Crippen LogP contribution in [0.3, 0.4) is 0 Å². The second-order valence-corrected chi connectivity index (χ2v) is 10.6. The standard InChI is InChI=1S/C22H21N3O5S2/c1-29-15-6-3-5-14-13-16(30-20(14)15)21(26)24-9-11-25(12-10-24)22-23-19-17(31-22)7-4-8-18(19)32(2,27)28/h3-8,13H,9-12H2,1-2H3. The highest BCUT2D eigenvalue weighted by molar-refractivity contribution is 7.91. The van der Waals surface area contributed by atoms with E-state index in [1.165, 1.54) is 17.6 Å². The van der Waals surface area contributed by atoms with Crippen LogP contribution in [0.1, 0.15) is 10.6 Å². The van der Waals surface area contributed by atoms with Crippen molar-refractivity contribution in [3.05, 3.63) is 48.2 Å². The molecule has 0 aliphatic carbocycles. The second kappa shape index (κ2) is 7.79. The van der Waals surface area contributed by atoms with Crippen molar-refractivity contribution in [2.75, 3.05) is 44.4 Å². The maximum atomic E-state index is 13.0. The van der Waals surface area contributed by atoms with Gasteiger partial charge < -0.3 is 19.0 Å². The number of hydrogen-bond donors (Lipinski definition) is 0. The van der Waals surface area contributed by atoms with E-state index in [1.807, 2.05) is 18.2 Å². The normalized spacial score (nSPS) is 14.9. The summed E-state index contributed by atoms with van der Waals surface area (Å²) in [5.74, 6) is 0.720. The summed E-state index contributed by atoms with van der Waals surface area (Å²) < 4.78 is 36.1. The Morgan fingerprint density at radius 3 is 2.59 bits per heavy atom. The van der Waals surface area contributed by atoms with Gasteiger partial charge in [-0.25, -0.2) is 13.4 Å². The van der Waals surface area contributed by atoms with Gasteiger partial charge in [0.1, 0.15) is 5.52 Å². The van der Waals surface area contributed by atoms with E-state index in [-0.39, 0.29) is 16.6 Å². The molecule has 0 unspecified atom stereocenters. The molecule has 1 aliphatic rings. The van der Waals surface area contributed by atoms with Crippen LogP contribution in [0.2, 0.25) is 0 Å². The number of sulfone groups is 1. The summed E-state index contributed by atoms with van der Waals surface area (Å²) in [5, 5.41) is 1.58. The number of para-hydroxylation sites is 2. The minimum absolute atomic E-state index is 0.161. The predicted octanol–water partition coefficient (Wildman–Crippen LogP) is 3.42. The second-order valence-electron chi connectivity index (χ2n) is 7.64. The first kappa shape index (κ1) is 20.8. The number of furan rings is 1. The summed E-state index contributed by atoms with van der Waals surface area (Å²) in [6.07, 6.45) is 1.19. The number of carbonyl (C=O) groups is 1. The summed E-state index contributed by atoms with van der Waals surface area (Å²) in [5.41, 5.74) is 1.07. The molecule has 2 aromatic carbocycles. The zero-order valence-electron chi connectivity index (χ0n) is 17.6. The van der Waals surface area contributed by atoms with Gasteiger partial charge in [0.25, 0.3) is 5.91 Å². The average molecular weight is 472 g/mol. The van der Waals surface area contributed by atoms with Crippen molar-refractivity contribution in [3.63, 3.8) is 0 Å². The third kappa shape index (κ3) is 3.59. The molecule has 0 spiro atoms. The van der Waals surface area contributed by atoms with Crippen LogP contribution in [0.25, 0.3) is 21.2 Å². The Bertz CT molecular complexity index is 1430. The van der Waals surface area contributed by atoms with E-state index in [9.17, 15) is 13.2 Å². The van der Waals surface area contributed by atoms with Crippen molar-refractivity contribution in [1.82, 2.24) is 9.88 Å². The molecule has 0 atom stereocenters. The number of rotatable bonds is 4. The molecule has 0 bridgehead atoms. The average Bonchev–Trinajstić information content (AvgIpc) is 3.42.